The zero-order valence-electron chi connectivity index (χ0n) is 21.9. The number of rotatable bonds is 0. The lowest BCUT2D eigenvalue weighted by Gasteiger charge is -2.71. The first-order valence-corrected chi connectivity index (χ1v) is 13.7. The Morgan fingerprint density at radius 1 is 0.806 bits per heavy atom. The number of hydrogen-bond donors (Lipinski definition) is 1. The maximum atomic E-state index is 10.9. The van der Waals surface area contributed by atoms with Crippen LogP contribution in [0.25, 0.3) is 0 Å². The summed E-state index contributed by atoms with van der Waals surface area (Å²) in [5.74, 6) is 3.90. The molecule has 0 aromatic carbocycles. The van der Waals surface area contributed by atoms with Gasteiger partial charge in [0.25, 0.3) is 0 Å². The Kier molecular flexibility index (Phi) is 4.82. The highest BCUT2D eigenvalue weighted by Crippen LogP contribution is 2.75. The smallest absolute Gasteiger partial charge is 0.0594 e. The second-order valence-electron chi connectivity index (χ2n) is 14.7. The van der Waals surface area contributed by atoms with Gasteiger partial charge in [-0.25, -0.2) is 0 Å². The van der Waals surface area contributed by atoms with E-state index in [0.29, 0.717) is 27.6 Å². The Balaban J connectivity index is 1.59. The third kappa shape index (κ3) is 2.65. The van der Waals surface area contributed by atoms with Gasteiger partial charge in [-0.05, 0) is 114 Å². The molecule has 1 N–H and O–H groups in total. The third-order valence-electron chi connectivity index (χ3n) is 13.4. The van der Waals surface area contributed by atoms with Gasteiger partial charge in [0.05, 0.1) is 6.10 Å². The quantitative estimate of drug-likeness (QED) is 0.389. The van der Waals surface area contributed by atoms with Crippen LogP contribution in [0.2, 0.25) is 0 Å². The molecule has 1 nitrogen and oxygen atoms in total. The molecule has 0 aromatic heterocycles. The molecular weight excluding hydrogens is 376 g/mol. The average molecular weight is 427 g/mol. The van der Waals surface area contributed by atoms with Crippen LogP contribution in [-0.2, 0) is 0 Å². The molecule has 5 aliphatic rings. The molecule has 4 saturated carbocycles. The summed E-state index contributed by atoms with van der Waals surface area (Å²) in [7, 11) is 0. The van der Waals surface area contributed by atoms with Crippen LogP contribution >= 0.6 is 0 Å². The van der Waals surface area contributed by atoms with Crippen molar-refractivity contribution in [2.75, 3.05) is 0 Å². The van der Waals surface area contributed by atoms with Crippen LogP contribution < -0.4 is 0 Å². The van der Waals surface area contributed by atoms with Gasteiger partial charge in [-0.1, -0.05) is 67.0 Å². The topological polar surface area (TPSA) is 20.2 Å². The van der Waals surface area contributed by atoms with Crippen molar-refractivity contribution in [3.05, 3.63) is 11.6 Å². The molecule has 5 rings (SSSR count). The van der Waals surface area contributed by atoms with Gasteiger partial charge in [0.2, 0.25) is 0 Å². The monoisotopic (exact) mass is 426 g/mol. The molecule has 0 aromatic rings. The molecule has 0 spiro atoms. The first kappa shape index (κ1) is 22.5. The number of aliphatic hydroxyl groups is 1. The highest BCUT2D eigenvalue weighted by atomic mass is 16.3. The summed E-state index contributed by atoms with van der Waals surface area (Å²) in [5.41, 5.74) is 3.60. The second kappa shape index (κ2) is 6.64. The predicted octanol–water partition coefficient (Wildman–Crippen LogP) is 8.02. The molecule has 0 bridgehead atoms. The highest BCUT2D eigenvalue weighted by Gasteiger charge is 2.67. The number of hydrogen-bond acceptors (Lipinski definition) is 1. The minimum absolute atomic E-state index is 0.0533. The van der Waals surface area contributed by atoms with Crippen LogP contribution in [0, 0.1) is 56.7 Å². The Hall–Kier alpha value is -0.300. The predicted molar refractivity (Wildman–Crippen MR) is 131 cm³/mol. The number of allylic oxidation sites excluding steroid dienone is 2. The van der Waals surface area contributed by atoms with E-state index in [4.69, 9.17) is 0 Å². The van der Waals surface area contributed by atoms with E-state index in [2.05, 4.69) is 61.5 Å². The standard InChI is InChI=1S/C30H50O/c1-19-11-14-27(5)17-18-29(7)21(25(27)20(19)2)9-10-23-28(6)15-13-24(31)26(3,4)22(28)12-16-30(23,29)8/h9,19-20,22-25,31H,10-18H2,1-8H3/t19-,20+,22+,23-,24?,25+,27-,28+,29-,30-/m1/s1. The van der Waals surface area contributed by atoms with Crippen molar-refractivity contribution < 1.29 is 5.11 Å². The third-order valence-corrected chi connectivity index (χ3v) is 13.4. The molecule has 1 heteroatoms. The fraction of sp³-hybridized carbons (Fsp3) is 0.933. The van der Waals surface area contributed by atoms with E-state index in [1.807, 2.05) is 5.57 Å². The summed E-state index contributed by atoms with van der Waals surface area (Å²) >= 11 is 0. The Bertz CT molecular complexity index is 779. The van der Waals surface area contributed by atoms with Crippen molar-refractivity contribution in [2.45, 2.75) is 119 Å². The fourth-order valence-electron chi connectivity index (χ4n) is 10.8. The fourth-order valence-corrected chi connectivity index (χ4v) is 10.8. The van der Waals surface area contributed by atoms with Gasteiger partial charge in [0.15, 0.2) is 0 Å². The summed E-state index contributed by atoms with van der Waals surface area (Å²) in [6.45, 7) is 20.5. The lowest BCUT2D eigenvalue weighted by atomic mass is 9.33. The van der Waals surface area contributed by atoms with Crippen LogP contribution in [0.1, 0.15) is 113 Å². The summed E-state index contributed by atoms with van der Waals surface area (Å²) in [4.78, 5) is 0. The summed E-state index contributed by atoms with van der Waals surface area (Å²) in [5, 5.41) is 10.9. The zero-order chi connectivity index (χ0) is 22.6. The van der Waals surface area contributed by atoms with Crippen molar-refractivity contribution in [3.8, 4) is 0 Å². The maximum absolute atomic E-state index is 10.9. The van der Waals surface area contributed by atoms with Crippen LogP contribution in [0.5, 0.6) is 0 Å². The highest BCUT2D eigenvalue weighted by molar-refractivity contribution is 5.33. The van der Waals surface area contributed by atoms with Gasteiger partial charge >= 0.3 is 0 Å². The molecule has 0 radical (unpaired) electrons. The van der Waals surface area contributed by atoms with Gasteiger partial charge in [-0.3, -0.25) is 0 Å². The first-order valence-electron chi connectivity index (χ1n) is 13.7. The molecule has 10 atom stereocenters. The van der Waals surface area contributed by atoms with E-state index in [9.17, 15) is 5.11 Å². The molecule has 0 aliphatic heterocycles. The number of aliphatic hydroxyl groups excluding tert-OH is 1. The number of fused-ring (bicyclic) bond motifs is 7. The summed E-state index contributed by atoms with van der Waals surface area (Å²) < 4.78 is 0. The van der Waals surface area contributed by atoms with E-state index in [1.165, 1.54) is 51.4 Å². The maximum Gasteiger partial charge on any atom is 0.0594 e. The van der Waals surface area contributed by atoms with Crippen molar-refractivity contribution in [2.24, 2.45) is 56.7 Å². The SMILES string of the molecule is C[C@H]1[C@H](C)CC[C@]2(C)CC[C@]3(C)C(=CC[C@@H]4[C@@]5(C)CCC(O)C(C)(C)[C@@H]5CC[C@]43C)[C@H]12. The van der Waals surface area contributed by atoms with Crippen molar-refractivity contribution >= 4 is 0 Å². The second-order valence-corrected chi connectivity index (χ2v) is 14.7. The summed E-state index contributed by atoms with van der Waals surface area (Å²) in [6, 6.07) is 0. The molecule has 5 aliphatic carbocycles. The van der Waals surface area contributed by atoms with Gasteiger partial charge in [-0.15, -0.1) is 0 Å². The minimum atomic E-state index is -0.125. The van der Waals surface area contributed by atoms with Crippen LogP contribution in [0.4, 0.5) is 0 Å². The Labute approximate surface area is 192 Å². The van der Waals surface area contributed by atoms with Crippen molar-refractivity contribution in [3.63, 3.8) is 0 Å². The molecule has 176 valence electrons. The van der Waals surface area contributed by atoms with E-state index in [1.54, 1.807) is 0 Å². The lowest BCUT2D eigenvalue weighted by molar-refractivity contribution is -0.203. The van der Waals surface area contributed by atoms with Crippen molar-refractivity contribution in [1.29, 1.82) is 0 Å². The van der Waals surface area contributed by atoms with Crippen LogP contribution in [0.3, 0.4) is 0 Å². The lowest BCUT2D eigenvalue weighted by Crippen LogP contribution is -2.64. The van der Waals surface area contributed by atoms with E-state index >= 15 is 0 Å². The van der Waals surface area contributed by atoms with E-state index in [-0.39, 0.29) is 11.5 Å². The van der Waals surface area contributed by atoms with E-state index in [0.717, 1.165) is 30.1 Å². The summed E-state index contributed by atoms with van der Waals surface area (Å²) in [6.07, 6.45) is 14.5. The average Bonchev–Trinajstić information content (AvgIpc) is 2.69. The van der Waals surface area contributed by atoms with Crippen LogP contribution in [-0.4, -0.2) is 11.2 Å². The van der Waals surface area contributed by atoms with Crippen molar-refractivity contribution in [1.82, 2.24) is 0 Å². The molecule has 0 heterocycles. The van der Waals surface area contributed by atoms with Gasteiger partial charge in [0, 0.05) is 0 Å². The molecule has 0 amide bonds. The van der Waals surface area contributed by atoms with Gasteiger partial charge in [0.1, 0.15) is 0 Å². The van der Waals surface area contributed by atoms with E-state index < -0.39 is 0 Å². The molecular formula is C30H50O. The normalized spacial score (nSPS) is 58.3. The minimum Gasteiger partial charge on any atom is -0.393 e. The van der Waals surface area contributed by atoms with Gasteiger partial charge in [-0.2, -0.15) is 0 Å². The first-order chi connectivity index (χ1) is 14.3. The van der Waals surface area contributed by atoms with Gasteiger partial charge < -0.3 is 5.11 Å². The zero-order valence-corrected chi connectivity index (χ0v) is 21.9. The Morgan fingerprint density at radius 2 is 1.52 bits per heavy atom. The molecule has 4 fully saturated rings. The molecule has 31 heavy (non-hydrogen) atoms. The largest absolute Gasteiger partial charge is 0.393 e. The Morgan fingerprint density at radius 3 is 2.23 bits per heavy atom. The molecule has 1 unspecified atom stereocenters. The molecule has 0 saturated heterocycles. The van der Waals surface area contributed by atoms with Crippen LogP contribution in [0.15, 0.2) is 11.6 Å².